The van der Waals surface area contributed by atoms with Crippen molar-refractivity contribution in [2.24, 2.45) is 0 Å². The average Bonchev–Trinajstić information content (AvgIpc) is 3.46. The molecule has 0 aliphatic heterocycles. The number of carbonyl (C=O) groups excluding carboxylic acids is 2. The van der Waals surface area contributed by atoms with Crippen LogP contribution in [0.3, 0.4) is 0 Å². The highest BCUT2D eigenvalue weighted by Gasteiger charge is 2.20. The van der Waals surface area contributed by atoms with Gasteiger partial charge in [0.15, 0.2) is 0 Å². The summed E-state index contributed by atoms with van der Waals surface area (Å²) in [5, 5.41) is 23.4. The first kappa shape index (κ1) is 78.3. The number of unbranched alkanes of at least 4 members (excludes halogenated alkanes) is 54. The number of nitrogens with one attached hydrogen (secondary N) is 1. The molecule has 3 N–H and O–H groups in total. The second kappa shape index (κ2) is 69.8. The maximum Gasteiger partial charge on any atom is 0.305 e. The normalized spacial score (nSPS) is 12.6. The summed E-state index contributed by atoms with van der Waals surface area (Å²) in [7, 11) is 0. The maximum atomic E-state index is 12.6. The van der Waals surface area contributed by atoms with E-state index in [1.54, 1.807) is 0 Å². The van der Waals surface area contributed by atoms with Crippen LogP contribution in [-0.4, -0.2) is 47.4 Å². The molecular weight excluding hydrogens is 983 g/mol. The van der Waals surface area contributed by atoms with Crippen molar-refractivity contribution in [2.75, 3.05) is 13.2 Å². The van der Waals surface area contributed by atoms with E-state index in [1.807, 2.05) is 0 Å². The summed E-state index contributed by atoms with van der Waals surface area (Å²) in [4.78, 5) is 24.7. The van der Waals surface area contributed by atoms with E-state index in [0.29, 0.717) is 25.9 Å². The van der Waals surface area contributed by atoms with Crippen LogP contribution in [-0.2, 0) is 14.3 Å². The maximum absolute atomic E-state index is 12.6. The van der Waals surface area contributed by atoms with E-state index in [-0.39, 0.29) is 18.5 Å². The van der Waals surface area contributed by atoms with E-state index in [2.05, 4.69) is 43.5 Å². The molecule has 0 fully saturated rings. The topological polar surface area (TPSA) is 95.9 Å². The zero-order valence-electron chi connectivity index (χ0n) is 54.3. The molecule has 0 saturated carbocycles. The highest BCUT2D eigenvalue weighted by molar-refractivity contribution is 5.76. The van der Waals surface area contributed by atoms with Gasteiger partial charge in [-0.05, 0) is 57.8 Å². The average molecular weight is 1130 g/mol. The number of allylic oxidation sites excluding steroid dienone is 4. The molecule has 0 radical (unpaired) electrons. The molecule has 6 heteroatoms. The minimum atomic E-state index is -0.666. The van der Waals surface area contributed by atoms with Crippen LogP contribution in [0, 0.1) is 0 Å². The lowest BCUT2D eigenvalue weighted by atomic mass is 10.0. The van der Waals surface area contributed by atoms with Crippen LogP contribution in [0.1, 0.15) is 412 Å². The number of ether oxygens (including phenoxy) is 1. The van der Waals surface area contributed by atoms with Gasteiger partial charge < -0.3 is 20.3 Å². The molecule has 0 spiro atoms. The molecule has 474 valence electrons. The third-order valence-corrected chi connectivity index (χ3v) is 17.3. The predicted molar refractivity (Wildman–Crippen MR) is 352 cm³/mol. The van der Waals surface area contributed by atoms with Crippen LogP contribution in [0.2, 0.25) is 0 Å². The van der Waals surface area contributed by atoms with Crippen LogP contribution in [0.15, 0.2) is 24.3 Å². The quantitative estimate of drug-likeness (QED) is 0.0320. The van der Waals surface area contributed by atoms with Crippen LogP contribution in [0.5, 0.6) is 0 Å². The summed E-state index contributed by atoms with van der Waals surface area (Å²) in [5.41, 5.74) is 0. The Morgan fingerprint density at radius 1 is 0.350 bits per heavy atom. The summed E-state index contributed by atoms with van der Waals surface area (Å²) in [6.45, 7) is 4.97. The predicted octanol–water partition coefficient (Wildman–Crippen LogP) is 23.7. The van der Waals surface area contributed by atoms with Crippen molar-refractivity contribution in [1.29, 1.82) is 0 Å². The van der Waals surface area contributed by atoms with Gasteiger partial charge in [0.1, 0.15) is 0 Å². The van der Waals surface area contributed by atoms with Gasteiger partial charge in [0.2, 0.25) is 5.91 Å². The van der Waals surface area contributed by atoms with Crippen LogP contribution >= 0.6 is 0 Å². The largest absolute Gasteiger partial charge is 0.466 e. The van der Waals surface area contributed by atoms with Crippen LogP contribution < -0.4 is 5.32 Å². The molecule has 0 aliphatic carbocycles. The van der Waals surface area contributed by atoms with Gasteiger partial charge in [-0.1, -0.05) is 366 Å². The van der Waals surface area contributed by atoms with Crippen LogP contribution in [0.25, 0.3) is 0 Å². The minimum Gasteiger partial charge on any atom is -0.466 e. The number of esters is 1. The van der Waals surface area contributed by atoms with E-state index in [4.69, 9.17) is 4.74 Å². The number of hydrogen-bond acceptors (Lipinski definition) is 5. The monoisotopic (exact) mass is 1130 g/mol. The Hall–Kier alpha value is -1.66. The molecule has 0 heterocycles. The number of rotatable bonds is 69. The summed E-state index contributed by atoms with van der Waals surface area (Å²) >= 11 is 0. The lowest BCUT2D eigenvalue weighted by Gasteiger charge is -2.22. The summed E-state index contributed by atoms with van der Waals surface area (Å²) in [6, 6.07) is -0.543. The molecule has 0 aromatic carbocycles. The van der Waals surface area contributed by atoms with E-state index in [1.165, 1.54) is 327 Å². The highest BCUT2D eigenvalue weighted by Crippen LogP contribution is 2.19. The van der Waals surface area contributed by atoms with Gasteiger partial charge in [-0.25, -0.2) is 0 Å². The molecule has 0 saturated heterocycles. The van der Waals surface area contributed by atoms with Crippen molar-refractivity contribution >= 4 is 11.9 Å². The first-order chi connectivity index (χ1) is 39.5. The first-order valence-corrected chi connectivity index (χ1v) is 36.6. The van der Waals surface area contributed by atoms with Crippen molar-refractivity contribution in [1.82, 2.24) is 5.32 Å². The number of amides is 1. The van der Waals surface area contributed by atoms with Gasteiger partial charge >= 0.3 is 5.97 Å². The van der Waals surface area contributed by atoms with Crippen molar-refractivity contribution in [3.05, 3.63) is 24.3 Å². The van der Waals surface area contributed by atoms with E-state index < -0.39 is 12.1 Å². The number of aliphatic hydroxyl groups is 2. The Morgan fingerprint density at radius 2 is 0.625 bits per heavy atom. The second-order valence-electron chi connectivity index (χ2n) is 25.3. The van der Waals surface area contributed by atoms with Gasteiger partial charge in [-0.3, -0.25) is 9.59 Å². The van der Waals surface area contributed by atoms with Crippen molar-refractivity contribution in [3.63, 3.8) is 0 Å². The standard InChI is InChI=1S/C74H143NO5/c1-3-5-7-9-11-13-15-17-19-21-23-24-27-31-34-38-42-46-50-54-58-62-66-72(77)71(70-76)75-73(78)67-63-59-55-51-47-43-39-35-32-28-25-26-29-33-37-41-45-49-53-57-61-65-69-80-74(79)68-64-60-56-52-48-44-40-36-30-22-20-18-16-14-12-10-8-6-4-2/h12,14,18,20,71-72,76-77H,3-11,13,15-17,19,21-70H2,1-2H3,(H,75,78)/b14-12-,20-18-. The Kier molecular flexibility index (Phi) is 68.4. The number of hydrogen-bond donors (Lipinski definition) is 3. The minimum absolute atomic E-state index is 0.0107. The molecule has 0 aromatic heterocycles. The van der Waals surface area contributed by atoms with Gasteiger partial charge in [-0.15, -0.1) is 0 Å². The summed E-state index contributed by atoms with van der Waals surface area (Å²) in [6.07, 6.45) is 88.0. The molecular formula is C74H143NO5. The third kappa shape index (κ3) is 65.5. The van der Waals surface area contributed by atoms with E-state index in [0.717, 1.165) is 51.4 Å². The lowest BCUT2D eigenvalue weighted by molar-refractivity contribution is -0.143. The van der Waals surface area contributed by atoms with E-state index in [9.17, 15) is 19.8 Å². The summed E-state index contributed by atoms with van der Waals surface area (Å²) in [5.74, 6) is -0.0196. The number of carbonyl (C=O) groups is 2. The molecule has 1 amide bonds. The molecule has 0 rings (SSSR count). The SMILES string of the molecule is CCCCC/C=C\C/C=C\CCCCCCCCCCCC(=O)OCCCCCCCCCCCCCCCCCCCCCCCCC(=O)NC(CO)C(O)CCCCCCCCCCCCCCCCCCCCCCCC. The van der Waals surface area contributed by atoms with Gasteiger partial charge in [0.25, 0.3) is 0 Å². The Balaban J connectivity index is 3.37. The van der Waals surface area contributed by atoms with Crippen molar-refractivity contribution in [3.8, 4) is 0 Å². The Morgan fingerprint density at radius 3 is 0.975 bits per heavy atom. The molecule has 2 atom stereocenters. The molecule has 2 unspecified atom stereocenters. The van der Waals surface area contributed by atoms with Gasteiger partial charge in [-0.2, -0.15) is 0 Å². The first-order valence-electron chi connectivity index (χ1n) is 36.6. The number of aliphatic hydroxyl groups excluding tert-OH is 2. The van der Waals surface area contributed by atoms with Gasteiger partial charge in [0, 0.05) is 12.8 Å². The third-order valence-electron chi connectivity index (χ3n) is 17.3. The zero-order chi connectivity index (χ0) is 57.8. The highest BCUT2D eigenvalue weighted by atomic mass is 16.5. The van der Waals surface area contributed by atoms with Crippen molar-refractivity contribution < 1.29 is 24.5 Å². The fourth-order valence-electron chi connectivity index (χ4n) is 11.7. The molecule has 0 bridgehead atoms. The molecule has 80 heavy (non-hydrogen) atoms. The zero-order valence-corrected chi connectivity index (χ0v) is 54.3. The Labute approximate surface area is 501 Å². The molecule has 0 aliphatic rings. The van der Waals surface area contributed by atoms with Gasteiger partial charge in [0.05, 0.1) is 25.4 Å². The lowest BCUT2D eigenvalue weighted by Crippen LogP contribution is -2.45. The molecule has 6 nitrogen and oxygen atoms in total. The fourth-order valence-corrected chi connectivity index (χ4v) is 11.7. The molecule has 0 aromatic rings. The summed E-state index contributed by atoms with van der Waals surface area (Å²) < 4.78 is 5.51. The van der Waals surface area contributed by atoms with E-state index >= 15 is 0 Å². The smallest absolute Gasteiger partial charge is 0.305 e. The Bertz CT molecular complexity index is 1250. The second-order valence-corrected chi connectivity index (χ2v) is 25.3. The van der Waals surface area contributed by atoms with Crippen LogP contribution in [0.4, 0.5) is 0 Å². The fraction of sp³-hybridized carbons (Fsp3) is 0.919. The van der Waals surface area contributed by atoms with Crippen molar-refractivity contribution in [2.45, 2.75) is 424 Å².